The van der Waals surface area contributed by atoms with Crippen LogP contribution in [0.5, 0.6) is 0 Å². The molecule has 0 saturated carbocycles. The van der Waals surface area contributed by atoms with Gasteiger partial charge in [-0.3, -0.25) is 9.59 Å². The van der Waals surface area contributed by atoms with E-state index in [-0.39, 0.29) is 11.9 Å². The lowest BCUT2D eigenvalue weighted by Crippen LogP contribution is -2.51. The minimum Gasteiger partial charge on any atom is -0.456 e. The van der Waals surface area contributed by atoms with Crippen LogP contribution in [0.25, 0.3) is 10.9 Å². The number of carbonyl (C=O) groups is 3. The minimum absolute atomic E-state index is 0.0215. The van der Waals surface area contributed by atoms with E-state index >= 15 is 0 Å². The molecule has 1 aromatic heterocycles. The molecule has 4 rings (SSSR count). The molecule has 202 valence electrons. The number of aromatic nitrogens is 1. The number of amides is 2. The fourth-order valence-electron chi connectivity index (χ4n) is 5.20. The van der Waals surface area contributed by atoms with Crippen molar-refractivity contribution < 1.29 is 19.1 Å². The molecule has 1 aliphatic heterocycles. The largest absolute Gasteiger partial charge is 0.456 e. The van der Waals surface area contributed by atoms with Crippen LogP contribution in [0.2, 0.25) is 0 Å². The maximum Gasteiger partial charge on any atom is 0.338 e. The van der Waals surface area contributed by atoms with Crippen LogP contribution in [0.4, 0.5) is 0 Å². The van der Waals surface area contributed by atoms with Crippen molar-refractivity contribution >= 4 is 29.2 Å². The van der Waals surface area contributed by atoms with Crippen molar-refractivity contribution in [2.45, 2.75) is 78.6 Å². The fourth-order valence-corrected chi connectivity index (χ4v) is 5.20. The van der Waals surface area contributed by atoms with Crippen LogP contribution in [-0.4, -0.2) is 57.4 Å². The van der Waals surface area contributed by atoms with Gasteiger partial charge in [-0.2, -0.15) is 0 Å². The number of para-hydroxylation sites is 1. The average molecular weight is 518 g/mol. The van der Waals surface area contributed by atoms with Crippen LogP contribution in [0.1, 0.15) is 74.6 Å². The Kier molecular flexibility index (Phi) is 8.24. The number of unbranched alkanes of at least 4 members (excludes halogenated alkanes) is 1. The van der Waals surface area contributed by atoms with Crippen molar-refractivity contribution in [1.29, 1.82) is 0 Å². The van der Waals surface area contributed by atoms with Gasteiger partial charge in [0.15, 0.2) is 0 Å². The van der Waals surface area contributed by atoms with Gasteiger partial charge in [-0.1, -0.05) is 43.7 Å². The summed E-state index contributed by atoms with van der Waals surface area (Å²) in [5, 5.41) is 1.12. The van der Waals surface area contributed by atoms with Gasteiger partial charge in [0.05, 0.1) is 12.1 Å². The quantitative estimate of drug-likeness (QED) is 0.290. The molecule has 0 spiro atoms. The zero-order valence-electron chi connectivity index (χ0n) is 23.2. The van der Waals surface area contributed by atoms with Gasteiger partial charge in [-0.05, 0) is 63.4 Å². The summed E-state index contributed by atoms with van der Waals surface area (Å²) in [6.45, 7) is 12.0. The third kappa shape index (κ3) is 5.77. The second-order valence-corrected chi connectivity index (χ2v) is 11.0. The van der Waals surface area contributed by atoms with E-state index in [0.29, 0.717) is 38.2 Å². The van der Waals surface area contributed by atoms with E-state index in [0.717, 1.165) is 47.0 Å². The second kappa shape index (κ2) is 11.4. The summed E-state index contributed by atoms with van der Waals surface area (Å²) in [7, 11) is 0. The van der Waals surface area contributed by atoms with E-state index in [2.05, 4.69) is 23.6 Å². The van der Waals surface area contributed by atoms with Crippen LogP contribution in [0.3, 0.4) is 0 Å². The number of carbonyl (C=O) groups excluding carboxylic acids is 3. The summed E-state index contributed by atoms with van der Waals surface area (Å²) >= 11 is 0. The number of hydrogen-bond acceptors (Lipinski definition) is 4. The molecule has 1 atom stereocenters. The maximum absolute atomic E-state index is 13.5. The molecular weight excluding hydrogens is 478 g/mol. The van der Waals surface area contributed by atoms with Crippen molar-refractivity contribution in [2.24, 2.45) is 0 Å². The van der Waals surface area contributed by atoms with Crippen LogP contribution >= 0.6 is 0 Å². The molecule has 2 aromatic carbocycles. The number of fused-ring (bicyclic) bond motifs is 3. The Labute approximate surface area is 225 Å². The van der Waals surface area contributed by atoms with Crippen LogP contribution in [-0.2, 0) is 33.8 Å². The maximum atomic E-state index is 13.5. The monoisotopic (exact) mass is 517 g/mol. The van der Waals surface area contributed by atoms with Gasteiger partial charge >= 0.3 is 5.97 Å². The molecule has 0 fully saturated rings. The first-order valence-corrected chi connectivity index (χ1v) is 13.6. The van der Waals surface area contributed by atoms with Gasteiger partial charge in [-0.25, -0.2) is 4.79 Å². The Morgan fingerprint density at radius 1 is 1.08 bits per heavy atom. The van der Waals surface area contributed by atoms with E-state index in [4.69, 9.17) is 4.74 Å². The normalized spacial score (nSPS) is 15.3. The molecule has 3 aromatic rings. The minimum atomic E-state index is -0.549. The predicted molar refractivity (Wildman–Crippen MR) is 149 cm³/mol. The van der Waals surface area contributed by atoms with E-state index in [1.165, 1.54) is 0 Å². The number of hydrogen-bond donors (Lipinski definition) is 0. The first kappa shape index (κ1) is 27.4. The number of esters is 1. The molecule has 0 radical (unpaired) electrons. The summed E-state index contributed by atoms with van der Waals surface area (Å²) < 4.78 is 7.72. The molecule has 2 amide bonds. The number of rotatable bonds is 9. The Bertz CT molecular complexity index is 1300. The highest BCUT2D eigenvalue weighted by Gasteiger charge is 2.36. The van der Waals surface area contributed by atoms with Gasteiger partial charge in [0.25, 0.3) is 0 Å². The van der Waals surface area contributed by atoms with Crippen molar-refractivity contribution in [3.63, 3.8) is 0 Å². The molecule has 38 heavy (non-hydrogen) atoms. The highest BCUT2D eigenvalue weighted by atomic mass is 16.6. The zero-order valence-corrected chi connectivity index (χ0v) is 23.2. The number of nitrogens with zero attached hydrogens (tertiary/aromatic N) is 3. The Balaban J connectivity index is 1.65. The lowest BCUT2D eigenvalue weighted by Gasteiger charge is -2.36. The first-order valence-electron chi connectivity index (χ1n) is 13.6. The van der Waals surface area contributed by atoms with Gasteiger partial charge in [0.1, 0.15) is 11.6 Å². The summed E-state index contributed by atoms with van der Waals surface area (Å²) in [6, 6.07) is 15.2. The molecule has 7 nitrogen and oxygen atoms in total. The summed E-state index contributed by atoms with van der Waals surface area (Å²) in [5.41, 5.74) is 4.26. The van der Waals surface area contributed by atoms with Crippen molar-refractivity contribution in [1.82, 2.24) is 14.4 Å². The zero-order chi connectivity index (χ0) is 27.4. The van der Waals surface area contributed by atoms with Crippen molar-refractivity contribution in [3.05, 3.63) is 70.9 Å². The SMILES string of the molecule is CCCCN(CC)C(=O)C1Cc2c(n(Cc3ccc(C(=O)OC(C)(C)C)cc3)c3ccccc23)CN1C=O. The van der Waals surface area contributed by atoms with Gasteiger partial charge in [0.2, 0.25) is 12.3 Å². The fraction of sp³-hybridized carbons (Fsp3) is 0.452. The first-order chi connectivity index (χ1) is 18.2. The van der Waals surface area contributed by atoms with Crippen LogP contribution in [0, 0.1) is 0 Å². The molecule has 7 heteroatoms. The van der Waals surface area contributed by atoms with Gasteiger partial charge in [-0.15, -0.1) is 0 Å². The van der Waals surface area contributed by atoms with Crippen LogP contribution < -0.4 is 0 Å². The van der Waals surface area contributed by atoms with E-state index in [1.54, 1.807) is 17.0 Å². The predicted octanol–water partition coefficient (Wildman–Crippen LogP) is 5.18. The molecule has 1 aliphatic rings. The highest BCUT2D eigenvalue weighted by molar-refractivity contribution is 5.90. The van der Waals surface area contributed by atoms with Crippen LogP contribution in [0.15, 0.2) is 48.5 Å². The van der Waals surface area contributed by atoms with Gasteiger partial charge in [0, 0.05) is 42.7 Å². The molecule has 1 unspecified atom stereocenters. The smallest absolute Gasteiger partial charge is 0.338 e. The number of benzene rings is 2. The highest BCUT2D eigenvalue weighted by Crippen LogP contribution is 2.34. The summed E-state index contributed by atoms with van der Waals surface area (Å²) in [5.74, 6) is -0.321. The van der Waals surface area contributed by atoms with Gasteiger partial charge < -0.3 is 19.1 Å². The molecule has 0 aliphatic carbocycles. The molecule has 0 N–H and O–H groups in total. The number of ether oxygens (including phenoxy) is 1. The molecule has 0 saturated heterocycles. The lowest BCUT2D eigenvalue weighted by atomic mass is 9.96. The number of likely N-dealkylation sites (N-methyl/N-ethyl adjacent to an activating group) is 1. The lowest BCUT2D eigenvalue weighted by molar-refractivity contribution is -0.141. The molecule has 0 bridgehead atoms. The third-order valence-corrected chi connectivity index (χ3v) is 7.15. The van der Waals surface area contributed by atoms with E-state index in [1.807, 2.05) is 56.9 Å². The topological polar surface area (TPSA) is 71.9 Å². The molecular formula is C31H39N3O4. The summed E-state index contributed by atoms with van der Waals surface area (Å²) in [6.07, 6.45) is 3.28. The second-order valence-electron chi connectivity index (χ2n) is 11.0. The van der Waals surface area contributed by atoms with E-state index < -0.39 is 11.6 Å². The Morgan fingerprint density at radius 2 is 1.79 bits per heavy atom. The summed E-state index contributed by atoms with van der Waals surface area (Å²) in [4.78, 5) is 41.7. The van der Waals surface area contributed by atoms with E-state index in [9.17, 15) is 14.4 Å². The Morgan fingerprint density at radius 3 is 2.42 bits per heavy atom. The molecule has 2 heterocycles. The Hall–Kier alpha value is -3.61. The average Bonchev–Trinajstić information content (AvgIpc) is 3.20. The van der Waals surface area contributed by atoms with Crippen molar-refractivity contribution in [3.8, 4) is 0 Å². The third-order valence-electron chi connectivity index (χ3n) is 7.15. The standard InChI is InChI=1S/C31H39N3O4/c1-6-8-17-32(7-2)29(36)27-18-25-24-11-9-10-12-26(24)34(28(25)20-33(27)21-35)19-22-13-15-23(16-14-22)30(37)38-31(3,4)5/h9-16,21,27H,6-8,17-20H2,1-5H3. The van der Waals surface area contributed by atoms with Crippen molar-refractivity contribution in [2.75, 3.05) is 13.1 Å².